The minimum atomic E-state index is -0.584. The number of nitrogens with one attached hydrogen (secondary N) is 1. The van der Waals surface area contributed by atoms with E-state index in [1.54, 1.807) is 24.3 Å². The van der Waals surface area contributed by atoms with Crippen LogP contribution in [0, 0.1) is 5.92 Å². The molecule has 0 radical (unpaired) electrons. The van der Waals surface area contributed by atoms with Crippen molar-refractivity contribution in [3.63, 3.8) is 0 Å². The van der Waals surface area contributed by atoms with Crippen LogP contribution in [-0.2, 0) is 4.74 Å². The molecule has 0 bridgehead atoms. The van der Waals surface area contributed by atoms with Gasteiger partial charge in [-0.3, -0.25) is 4.79 Å². The van der Waals surface area contributed by atoms with E-state index >= 15 is 0 Å². The predicted molar refractivity (Wildman–Crippen MR) is 70.0 cm³/mol. The van der Waals surface area contributed by atoms with Gasteiger partial charge in [0.05, 0.1) is 13.2 Å². The van der Waals surface area contributed by atoms with Crippen molar-refractivity contribution in [2.24, 2.45) is 5.92 Å². The van der Waals surface area contributed by atoms with Gasteiger partial charge in [0.15, 0.2) is 5.78 Å². The Balaban J connectivity index is 2.39. The van der Waals surface area contributed by atoms with Crippen LogP contribution in [0.1, 0.15) is 24.2 Å². The lowest BCUT2D eigenvalue weighted by molar-refractivity contribution is 0.0971. The molecule has 1 rings (SSSR count). The molecule has 0 aliphatic rings. The van der Waals surface area contributed by atoms with Gasteiger partial charge in [-0.05, 0) is 18.1 Å². The Morgan fingerprint density at radius 1 is 1.39 bits per heavy atom. The van der Waals surface area contributed by atoms with Crippen molar-refractivity contribution in [1.29, 1.82) is 0 Å². The second kappa shape index (κ2) is 7.01. The van der Waals surface area contributed by atoms with E-state index in [1.165, 1.54) is 0 Å². The van der Waals surface area contributed by atoms with Crippen molar-refractivity contribution in [2.75, 3.05) is 13.2 Å². The van der Waals surface area contributed by atoms with Gasteiger partial charge in [0.25, 0.3) is 0 Å². The Kier molecular flexibility index (Phi) is 5.65. The van der Waals surface area contributed by atoms with Gasteiger partial charge in [0.2, 0.25) is 0 Å². The molecule has 1 amide bonds. The topological polar surface area (TPSA) is 55.4 Å². The van der Waals surface area contributed by atoms with Crippen LogP contribution in [-0.4, -0.2) is 25.0 Å². The van der Waals surface area contributed by atoms with Crippen molar-refractivity contribution >= 4 is 23.5 Å². The Morgan fingerprint density at radius 2 is 2.11 bits per heavy atom. The van der Waals surface area contributed by atoms with Gasteiger partial charge in [-0.25, -0.2) is 4.79 Å². The fraction of sp³-hybridized carbons (Fsp3) is 0.385. The Labute approximate surface area is 111 Å². The van der Waals surface area contributed by atoms with Gasteiger partial charge in [-0.1, -0.05) is 37.6 Å². The maximum Gasteiger partial charge on any atom is 0.407 e. The first-order valence-corrected chi connectivity index (χ1v) is 6.06. The van der Waals surface area contributed by atoms with Crippen molar-refractivity contribution < 1.29 is 14.3 Å². The third-order valence-corrected chi connectivity index (χ3v) is 2.32. The fourth-order valence-electron chi connectivity index (χ4n) is 1.21. The summed E-state index contributed by atoms with van der Waals surface area (Å²) in [5.74, 6) is 0.0541. The first kappa shape index (κ1) is 14.5. The number of amides is 1. The minimum absolute atomic E-state index is 0.0999. The van der Waals surface area contributed by atoms with Gasteiger partial charge >= 0.3 is 6.09 Å². The summed E-state index contributed by atoms with van der Waals surface area (Å²) in [6, 6.07) is 6.58. The van der Waals surface area contributed by atoms with Gasteiger partial charge in [-0.15, -0.1) is 0 Å². The van der Waals surface area contributed by atoms with E-state index in [4.69, 9.17) is 16.3 Å². The number of ether oxygens (including phenoxy) is 1. The molecule has 0 aliphatic carbocycles. The van der Waals surface area contributed by atoms with E-state index in [1.807, 2.05) is 13.8 Å². The summed E-state index contributed by atoms with van der Waals surface area (Å²) in [4.78, 5) is 22.9. The van der Waals surface area contributed by atoms with Crippen molar-refractivity contribution in [3.8, 4) is 0 Å². The third-order valence-electron chi connectivity index (χ3n) is 2.09. The molecule has 1 N–H and O–H groups in total. The Morgan fingerprint density at radius 3 is 2.72 bits per heavy atom. The summed E-state index contributed by atoms with van der Waals surface area (Å²) < 4.78 is 4.89. The number of Topliss-reactive ketones (excluding diaryl/α,β-unsaturated/α-hetero) is 1. The molecule has 1 aromatic rings. The van der Waals surface area contributed by atoms with E-state index in [-0.39, 0.29) is 18.2 Å². The molecule has 5 heteroatoms. The molecule has 0 aliphatic heterocycles. The van der Waals surface area contributed by atoms with Crippen molar-refractivity contribution in [1.82, 2.24) is 5.32 Å². The molecular weight excluding hydrogens is 254 g/mol. The SMILES string of the molecule is CC(C)COC(=O)NCC(=O)c1cccc(Cl)c1. The van der Waals surface area contributed by atoms with E-state index in [0.29, 0.717) is 17.2 Å². The average Bonchev–Trinajstić information content (AvgIpc) is 2.33. The van der Waals surface area contributed by atoms with E-state index < -0.39 is 6.09 Å². The lowest BCUT2D eigenvalue weighted by Gasteiger charge is -2.08. The molecule has 1 aromatic carbocycles. The predicted octanol–water partition coefficient (Wildman–Crippen LogP) is 2.90. The largest absolute Gasteiger partial charge is 0.449 e. The smallest absolute Gasteiger partial charge is 0.407 e. The molecule has 4 nitrogen and oxygen atoms in total. The molecule has 0 spiro atoms. The molecule has 0 saturated carbocycles. The number of hydrogen-bond acceptors (Lipinski definition) is 3. The highest BCUT2D eigenvalue weighted by Crippen LogP contribution is 2.10. The molecule has 0 fully saturated rings. The number of benzene rings is 1. The summed E-state index contributed by atoms with van der Waals surface area (Å²) in [6.07, 6.45) is -0.584. The van der Waals surface area contributed by atoms with Crippen molar-refractivity contribution in [2.45, 2.75) is 13.8 Å². The van der Waals surface area contributed by atoms with Crippen LogP contribution >= 0.6 is 11.6 Å². The number of rotatable bonds is 5. The van der Waals surface area contributed by atoms with E-state index in [0.717, 1.165) is 0 Å². The first-order chi connectivity index (χ1) is 8.49. The second-order valence-corrected chi connectivity index (χ2v) is 4.72. The summed E-state index contributed by atoms with van der Waals surface area (Å²) in [6.45, 7) is 4.10. The normalized spacial score (nSPS) is 10.2. The van der Waals surface area contributed by atoms with Crippen LogP contribution < -0.4 is 5.32 Å². The Bertz CT molecular complexity index is 432. The van der Waals surface area contributed by atoms with Gasteiger partial charge in [0.1, 0.15) is 0 Å². The number of carbonyl (C=O) groups is 2. The van der Waals surface area contributed by atoms with E-state index in [9.17, 15) is 9.59 Å². The molecular formula is C13H16ClNO3. The van der Waals surface area contributed by atoms with Crippen LogP contribution in [0.2, 0.25) is 5.02 Å². The molecule has 0 saturated heterocycles. The summed E-state index contributed by atoms with van der Waals surface area (Å²) in [5, 5.41) is 2.89. The molecule has 0 aromatic heterocycles. The zero-order valence-electron chi connectivity index (χ0n) is 10.4. The van der Waals surface area contributed by atoms with Crippen molar-refractivity contribution in [3.05, 3.63) is 34.9 Å². The summed E-state index contributed by atoms with van der Waals surface area (Å²) >= 11 is 5.77. The van der Waals surface area contributed by atoms with Gasteiger partial charge < -0.3 is 10.1 Å². The molecule has 0 unspecified atom stereocenters. The zero-order chi connectivity index (χ0) is 13.5. The highest BCUT2D eigenvalue weighted by molar-refractivity contribution is 6.31. The summed E-state index contributed by atoms with van der Waals surface area (Å²) in [7, 11) is 0. The van der Waals surface area contributed by atoms with Crippen LogP contribution in [0.25, 0.3) is 0 Å². The summed E-state index contributed by atoms with van der Waals surface area (Å²) in [5.41, 5.74) is 0.464. The lowest BCUT2D eigenvalue weighted by Crippen LogP contribution is -2.30. The molecule has 0 atom stereocenters. The zero-order valence-corrected chi connectivity index (χ0v) is 11.2. The maximum absolute atomic E-state index is 11.7. The first-order valence-electron chi connectivity index (χ1n) is 5.68. The quantitative estimate of drug-likeness (QED) is 0.836. The fourth-order valence-corrected chi connectivity index (χ4v) is 1.40. The van der Waals surface area contributed by atoms with Crippen LogP contribution in [0.4, 0.5) is 4.79 Å². The number of ketones is 1. The Hall–Kier alpha value is -1.55. The highest BCUT2D eigenvalue weighted by Gasteiger charge is 2.09. The van der Waals surface area contributed by atoms with E-state index in [2.05, 4.69) is 5.32 Å². The van der Waals surface area contributed by atoms with Gasteiger partial charge in [0, 0.05) is 10.6 Å². The number of hydrogen-bond donors (Lipinski definition) is 1. The second-order valence-electron chi connectivity index (χ2n) is 4.28. The molecule has 98 valence electrons. The van der Waals surface area contributed by atoms with Gasteiger partial charge in [-0.2, -0.15) is 0 Å². The number of carbonyl (C=O) groups excluding carboxylic acids is 2. The highest BCUT2D eigenvalue weighted by atomic mass is 35.5. The minimum Gasteiger partial charge on any atom is -0.449 e. The average molecular weight is 270 g/mol. The van der Waals surface area contributed by atoms with Crippen LogP contribution in [0.15, 0.2) is 24.3 Å². The monoisotopic (exact) mass is 269 g/mol. The lowest BCUT2D eigenvalue weighted by atomic mass is 10.1. The molecule has 0 heterocycles. The standard InChI is InChI=1S/C13H16ClNO3/c1-9(2)8-18-13(17)15-7-12(16)10-4-3-5-11(14)6-10/h3-6,9H,7-8H2,1-2H3,(H,15,17). The maximum atomic E-state index is 11.7. The third kappa shape index (κ3) is 5.19. The molecule has 18 heavy (non-hydrogen) atoms. The number of halogens is 1. The number of alkyl carbamates (subject to hydrolysis) is 1. The van der Waals surface area contributed by atoms with Crippen LogP contribution in [0.5, 0.6) is 0 Å². The van der Waals surface area contributed by atoms with Crippen LogP contribution in [0.3, 0.4) is 0 Å².